The summed E-state index contributed by atoms with van der Waals surface area (Å²) in [6, 6.07) is 5.62. The Hall–Kier alpha value is -1.75. The van der Waals surface area contributed by atoms with Crippen LogP contribution in [0.2, 0.25) is 0 Å². The molecule has 108 valence electrons. The molecule has 5 heteroatoms. The summed E-state index contributed by atoms with van der Waals surface area (Å²) in [7, 11) is 0. The van der Waals surface area contributed by atoms with Gasteiger partial charge in [0, 0.05) is 0 Å². The number of fused-ring (bicyclic) bond motifs is 1. The monoisotopic (exact) mass is 276 g/mol. The second kappa shape index (κ2) is 4.98. The number of ether oxygens (including phenoxy) is 2. The Kier molecular flexibility index (Phi) is 3.30. The van der Waals surface area contributed by atoms with E-state index in [4.69, 9.17) is 15.2 Å². The highest BCUT2D eigenvalue weighted by molar-refractivity contribution is 5.86. The molecule has 0 radical (unpaired) electrons. The fourth-order valence-electron chi connectivity index (χ4n) is 2.84. The number of hydrogen-bond acceptors (Lipinski definition) is 4. The molecule has 1 unspecified atom stereocenters. The quantitative estimate of drug-likeness (QED) is 0.884. The van der Waals surface area contributed by atoms with Crippen LogP contribution in [0.15, 0.2) is 18.2 Å². The van der Waals surface area contributed by atoms with Crippen molar-refractivity contribution in [2.24, 2.45) is 5.73 Å². The van der Waals surface area contributed by atoms with Crippen LogP contribution in [0.3, 0.4) is 0 Å². The Morgan fingerprint density at radius 1 is 1.30 bits per heavy atom. The van der Waals surface area contributed by atoms with Gasteiger partial charge in [0.25, 0.3) is 0 Å². The Labute approximate surface area is 118 Å². The summed E-state index contributed by atoms with van der Waals surface area (Å²) in [5, 5.41) is 3.01. The van der Waals surface area contributed by atoms with Gasteiger partial charge in [-0.15, -0.1) is 0 Å². The van der Waals surface area contributed by atoms with Crippen molar-refractivity contribution in [1.29, 1.82) is 0 Å². The van der Waals surface area contributed by atoms with Crippen molar-refractivity contribution < 1.29 is 14.3 Å². The Morgan fingerprint density at radius 3 is 2.75 bits per heavy atom. The Bertz CT molecular complexity index is 524. The first-order valence-corrected chi connectivity index (χ1v) is 7.08. The van der Waals surface area contributed by atoms with Gasteiger partial charge in [0.05, 0.1) is 11.6 Å². The van der Waals surface area contributed by atoms with Crippen LogP contribution in [0.5, 0.6) is 11.5 Å². The first-order chi connectivity index (χ1) is 9.58. The van der Waals surface area contributed by atoms with Crippen molar-refractivity contribution in [3.8, 4) is 11.5 Å². The molecular formula is C15H20N2O3. The van der Waals surface area contributed by atoms with Crippen molar-refractivity contribution in [1.82, 2.24) is 5.32 Å². The molecule has 5 nitrogen and oxygen atoms in total. The zero-order chi connectivity index (χ0) is 14.2. The number of hydrogen-bond donors (Lipinski definition) is 2. The molecule has 1 atom stereocenters. The molecule has 3 N–H and O–H groups in total. The zero-order valence-corrected chi connectivity index (χ0v) is 11.6. The van der Waals surface area contributed by atoms with E-state index in [9.17, 15) is 4.79 Å². The molecule has 1 saturated carbocycles. The summed E-state index contributed by atoms with van der Waals surface area (Å²) >= 11 is 0. The van der Waals surface area contributed by atoms with Crippen LogP contribution in [0.4, 0.5) is 0 Å². The second-order valence-electron chi connectivity index (χ2n) is 5.67. The summed E-state index contributed by atoms with van der Waals surface area (Å²) in [5.41, 5.74) is 6.46. The molecule has 2 aliphatic rings. The van der Waals surface area contributed by atoms with E-state index in [1.165, 1.54) is 0 Å². The van der Waals surface area contributed by atoms with Crippen molar-refractivity contribution in [3.05, 3.63) is 23.8 Å². The number of benzene rings is 1. The van der Waals surface area contributed by atoms with Gasteiger partial charge in [0.2, 0.25) is 12.7 Å². The lowest BCUT2D eigenvalue weighted by Crippen LogP contribution is -2.52. The lowest BCUT2D eigenvalue weighted by Gasteiger charge is -2.25. The van der Waals surface area contributed by atoms with Crippen molar-refractivity contribution in [2.45, 2.75) is 44.2 Å². The van der Waals surface area contributed by atoms with Crippen LogP contribution < -0.4 is 20.5 Å². The number of nitrogens with one attached hydrogen (secondary N) is 1. The van der Waals surface area contributed by atoms with E-state index in [0.717, 1.165) is 42.7 Å². The molecule has 0 aromatic heterocycles. The SMILES string of the molecule is CC(NC(=O)C1(N)CCCC1)c1ccc2c(c1)OCO2. The van der Waals surface area contributed by atoms with Crippen LogP contribution in [-0.2, 0) is 4.79 Å². The Morgan fingerprint density at radius 2 is 2.00 bits per heavy atom. The van der Waals surface area contributed by atoms with Gasteiger partial charge in [-0.1, -0.05) is 18.9 Å². The Balaban J connectivity index is 1.70. The fraction of sp³-hybridized carbons (Fsp3) is 0.533. The van der Waals surface area contributed by atoms with Gasteiger partial charge in [-0.05, 0) is 37.5 Å². The van der Waals surface area contributed by atoms with Gasteiger partial charge < -0.3 is 20.5 Å². The highest BCUT2D eigenvalue weighted by Crippen LogP contribution is 2.34. The topological polar surface area (TPSA) is 73.6 Å². The highest BCUT2D eigenvalue weighted by atomic mass is 16.7. The number of carbonyl (C=O) groups is 1. The average Bonchev–Trinajstić information content (AvgIpc) is 3.06. The summed E-state index contributed by atoms with van der Waals surface area (Å²) in [6.07, 6.45) is 3.60. The van der Waals surface area contributed by atoms with Gasteiger partial charge in [-0.3, -0.25) is 4.79 Å². The molecule has 1 fully saturated rings. The van der Waals surface area contributed by atoms with Gasteiger partial charge in [0.15, 0.2) is 11.5 Å². The van der Waals surface area contributed by atoms with E-state index in [1.54, 1.807) is 0 Å². The standard InChI is InChI=1S/C15H20N2O3/c1-10(17-14(18)15(16)6-2-3-7-15)11-4-5-12-13(8-11)20-9-19-12/h4-5,8,10H,2-3,6-7,9,16H2,1H3,(H,17,18). The number of carbonyl (C=O) groups excluding carboxylic acids is 1. The van der Waals surface area contributed by atoms with Crippen LogP contribution in [0, 0.1) is 0 Å². The minimum atomic E-state index is -0.690. The number of rotatable bonds is 3. The predicted octanol–water partition coefficient (Wildman–Crippen LogP) is 1.86. The highest BCUT2D eigenvalue weighted by Gasteiger charge is 2.37. The van der Waals surface area contributed by atoms with Crippen LogP contribution >= 0.6 is 0 Å². The van der Waals surface area contributed by atoms with Gasteiger partial charge >= 0.3 is 0 Å². The van der Waals surface area contributed by atoms with Crippen LogP contribution in [0.25, 0.3) is 0 Å². The first-order valence-electron chi connectivity index (χ1n) is 7.08. The molecule has 1 heterocycles. The second-order valence-corrected chi connectivity index (χ2v) is 5.67. The molecule has 0 bridgehead atoms. The first kappa shape index (κ1) is 13.2. The molecule has 1 aromatic carbocycles. The van der Waals surface area contributed by atoms with Gasteiger partial charge in [-0.2, -0.15) is 0 Å². The molecule has 20 heavy (non-hydrogen) atoms. The average molecular weight is 276 g/mol. The van der Waals surface area contributed by atoms with E-state index < -0.39 is 5.54 Å². The van der Waals surface area contributed by atoms with E-state index in [1.807, 2.05) is 25.1 Å². The predicted molar refractivity (Wildman–Crippen MR) is 74.5 cm³/mol. The number of nitrogens with two attached hydrogens (primary N) is 1. The molecular weight excluding hydrogens is 256 g/mol. The third-order valence-electron chi connectivity index (χ3n) is 4.19. The summed E-state index contributed by atoms with van der Waals surface area (Å²) < 4.78 is 10.6. The van der Waals surface area contributed by atoms with Gasteiger partial charge in [0.1, 0.15) is 0 Å². The maximum atomic E-state index is 12.3. The normalized spacial score (nSPS) is 20.7. The minimum Gasteiger partial charge on any atom is -0.454 e. The van der Waals surface area contributed by atoms with Crippen LogP contribution in [0.1, 0.15) is 44.2 Å². The smallest absolute Gasteiger partial charge is 0.240 e. The van der Waals surface area contributed by atoms with E-state index in [-0.39, 0.29) is 18.7 Å². The third kappa shape index (κ3) is 2.33. The third-order valence-corrected chi connectivity index (χ3v) is 4.19. The molecule has 3 rings (SSSR count). The number of amides is 1. The fourth-order valence-corrected chi connectivity index (χ4v) is 2.84. The van der Waals surface area contributed by atoms with E-state index >= 15 is 0 Å². The maximum Gasteiger partial charge on any atom is 0.240 e. The minimum absolute atomic E-state index is 0.0554. The molecule has 1 aromatic rings. The van der Waals surface area contributed by atoms with Crippen molar-refractivity contribution in [3.63, 3.8) is 0 Å². The van der Waals surface area contributed by atoms with Crippen molar-refractivity contribution in [2.75, 3.05) is 6.79 Å². The zero-order valence-electron chi connectivity index (χ0n) is 11.6. The van der Waals surface area contributed by atoms with Crippen molar-refractivity contribution >= 4 is 5.91 Å². The van der Waals surface area contributed by atoms with Crippen LogP contribution in [-0.4, -0.2) is 18.2 Å². The molecule has 1 amide bonds. The molecule has 1 aliphatic heterocycles. The van der Waals surface area contributed by atoms with Gasteiger partial charge in [-0.25, -0.2) is 0 Å². The van der Waals surface area contributed by atoms with E-state index in [0.29, 0.717) is 0 Å². The molecule has 1 aliphatic carbocycles. The summed E-state index contributed by atoms with van der Waals surface area (Å²) in [5.74, 6) is 1.42. The summed E-state index contributed by atoms with van der Waals surface area (Å²) in [6.45, 7) is 2.21. The maximum absolute atomic E-state index is 12.3. The summed E-state index contributed by atoms with van der Waals surface area (Å²) in [4.78, 5) is 12.3. The molecule has 0 spiro atoms. The largest absolute Gasteiger partial charge is 0.454 e. The molecule has 0 saturated heterocycles. The lowest BCUT2D eigenvalue weighted by molar-refractivity contribution is -0.126. The lowest BCUT2D eigenvalue weighted by atomic mass is 9.97. The van der Waals surface area contributed by atoms with E-state index in [2.05, 4.69) is 5.32 Å².